The van der Waals surface area contributed by atoms with E-state index >= 15 is 0 Å². The summed E-state index contributed by atoms with van der Waals surface area (Å²) in [6.07, 6.45) is 0. The molecule has 0 bridgehead atoms. The van der Waals surface area contributed by atoms with E-state index in [4.69, 9.17) is 92.8 Å². The first-order chi connectivity index (χ1) is 10.2. The first-order valence-corrected chi connectivity index (χ1v) is 8.07. The van der Waals surface area contributed by atoms with Gasteiger partial charge in [-0.15, -0.1) is 0 Å². The third-order valence-electron chi connectivity index (χ3n) is 2.13. The predicted molar refractivity (Wildman–Crippen MR) is 92.6 cm³/mol. The SMILES string of the molecule is ClC(=C(Cl)c1nc(Cl)c(Cl)c(Cl)n1)c1nc(Cl)c(Cl)c(Cl)n1. The van der Waals surface area contributed by atoms with E-state index in [1.807, 2.05) is 0 Å². The van der Waals surface area contributed by atoms with Crippen molar-refractivity contribution in [3.8, 4) is 0 Å². The fourth-order valence-corrected chi connectivity index (χ4v) is 2.46. The summed E-state index contributed by atoms with van der Waals surface area (Å²) in [6, 6.07) is 0. The lowest BCUT2D eigenvalue weighted by Gasteiger charge is -2.06. The Labute approximate surface area is 164 Å². The fraction of sp³-hybridized carbons (Fsp3) is 0. The number of halogens is 8. The van der Waals surface area contributed by atoms with Gasteiger partial charge in [-0.05, 0) is 0 Å². The summed E-state index contributed by atoms with van der Waals surface area (Å²) in [5, 5.41) is -0.643. The molecule has 2 aromatic heterocycles. The summed E-state index contributed by atoms with van der Waals surface area (Å²) in [5.41, 5.74) is 0. The zero-order valence-electron chi connectivity index (χ0n) is 9.81. The van der Waals surface area contributed by atoms with Crippen molar-refractivity contribution in [1.82, 2.24) is 19.9 Å². The molecule has 0 N–H and O–H groups in total. The molecular weight excluding hydrogens is 460 g/mol. The molecule has 0 atom stereocenters. The summed E-state index contributed by atoms with van der Waals surface area (Å²) in [6.45, 7) is 0. The third kappa shape index (κ3) is 3.82. The van der Waals surface area contributed by atoms with Crippen LogP contribution in [0.15, 0.2) is 0 Å². The van der Waals surface area contributed by atoms with E-state index in [1.165, 1.54) is 0 Å². The molecule has 0 fully saturated rings. The minimum absolute atomic E-state index is 0.0125. The Morgan fingerprint density at radius 1 is 0.500 bits per heavy atom. The first kappa shape index (κ1) is 18.6. The van der Waals surface area contributed by atoms with Crippen LogP contribution >= 0.6 is 92.8 Å². The van der Waals surface area contributed by atoms with Crippen LogP contribution in [0.5, 0.6) is 0 Å². The second kappa shape index (κ2) is 7.41. The first-order valence-electron chi connectivity index (χ1n) is 5.05. The Hall–Kier alpha value is 0.220. The largest absolute Gasteiger partial charge is 0.214 e. The highest BCUT2D eigenvalue weighted by Gasteiger charge is 2.19. The van der Waals surface area contributed by atoms with E-state index in [1.54, 1.807) is 0 Å². The molecule has 2 rings (SSSR count). The predicted octanol–water partition coefficient (Wildman–Crippen LogP) is 6.49. The van der Waals surface area contributed by atoms with Gasteiger partial charge >= 0.3 is 0 Å². The van der Waals surface area contributed by atoms with Gasteiger partial charge in [0.25, 0.3) is 0 Å². The Balaban J connectivity index is 2.59. The average Bonchev–Trinajstić information content (AvgIpc) is 2.47. The van der Waals surface area contributed by atoms with Crippen molar-refractivity contribution in [2.24, 2.45) is 0 Å². The van der Waals surface area contributed by atoms with Crippen molar-refractivity contribution in [3.05, 3.63) is 42.3 Å². The van der Waals surface area contributed by atoms with Crippen molar-refractivity contribution in [3.63, 3.8) is 0 Å². The van der Waals surface area contributed by atoms with Crippen LogP contribution in [0.3, 0.4) is 0 Å². The van der Waals surface area contributed by atoms with Gasteiger partial charge in [0.15, 0.2) is 32.3 Å². The summed E-state index contributed by atoms with van der Waals surface area (Å²) >= 11 is 46.9. The normalized spacial score (nSPS) is 12.4. The molecular formula is C10Cl8N4. The quantitative estimate of drug-likeness (QED) is 0.482. The molecule has 2 heterocycles. The number of rotatable bonds is 2. The number of nitrogens with zero attached hydrogens (tertiary/aromatic N) is 4. The standard InChI is InChI=1S/C10Cl8N4/c11-1(9-19-5(15)3(13)6(16)20-9)2(12)10-21-7(17)4(14)8(18)22-10. The van der Waals surface area contributed by atoms with E-state index in [0.717, 1.165) is 0 Å². The van der Waals surface area contributed by atoms with E-state index in [-0.39, 0.29) is 52.4 Å². The number of hydrogen-bond acceptors (Lipinski definition) is 4. The molecule has 2 aromatic rings. The number of aromatic nitrogens is 4. The van der Waals surface area contributed by atoms with Gasteiger partial charge in [0.2, 0.25) is 0 Å². The van der Waals surface area contributed by atoms with Crippen LogP contribution in [-0.2, 0) is 0 Å². The molecule has 116 valence electrons. The fourth-order valence-electron chi connectivity index (χ4n) is 1.18. The minimum atomic E-state index is -0.128. The number of hydrogen-bond donors (Lipinski definition) is 0. The van der Waals surface area contributed by atoms with Gasteiger partial charge in [0.1, 0.15) is 20.1 Å². The maximum atomic E-state index is 6.10. The van der Waals surface area contributed by atoms with Gasteiger partial charge in [0.05, 0.1) is 0 Å². The van der Waals surface area contributed by atoms with Gasteiger partial charge in [-0.1, -0.05) is 92.8 Å². The van der Waals surface area contributed by atoms with Gasteiger partial charge in [-0.3, -0.25) is 0 Å². The molecule has 22 heavy (non-hydrogen) atoms. The van der Waals surface area contributed by atoms with Crippen LogP contribution in [0.25, 0.3) is 10.1 Å². The molecule has 0 saturated heterocycles. The van der Waals surface area contributed by atoms with Crippen LogP contribution in [0.1, 0.15) is 11.6 Å². The highest BCUT2D eigenvalue weighted by atomic mass is 35.5. The zero-order chi connectivity index (χ0) is 16.6. The summed E-state index contributed by atoms with van der Waals surface area (Å²) < 4.78 is 0. The molecule has 0 spiro atoms. The molecule has 0 amide bonds. The lowest BCUT2D eigenvalue weighted by molar-refractivity contribution is 1.12. The van der Waals surface area contributed by atoms with Gasteiger partial charge in [-0.25, -0.2) is 19.9 Å². The summed E-state index contributed by atoms with van der Waals surface area (Å²) in [4.78, 5) is 15.4. The summed E-state index contributed by atoms with van der Waals surface area (Å²) in [7, 11) is 0. The van der Waals surface area contributed by atoms with Crippen molar-refractivity contribution in [2.45, 2.75) is 0 Å². The van der Waals surface area contributed by atoms with Crippen molar-refractivity contribution >= 4 is 103 Å². The van der Waals surface area contributed by atoms with Crippen molar-refractivity contribution < 1.29 is 0 Å². The molecule has 0 radical (unpaired) electrons. The van der Waals surface area contributed by atoms with Crippen LogP contribution < -0.4 is 0 Å². The topological polar surface area (TPSA) is 51.6 Å². The van der Waals surface area contributed by atoms with Gasteiger partial charge < -0.3 is 0 Å². The average molecular weight is 460 g/mol. The minimum Gasteiger partial charge on any atom is -0.214 e. The lowest BCUT2D eigenvalue weighted by Crippen LogP contribution is -1.98. The van der Waals surface area contributed by atoms with Crippen LogP contribution in [0.4, 0.5) is 0 Å². The maximum absolute atomic E-state index is 6.10. The van der Waals surface area contributed by atoms with E-state index in [9.17, 15) is 0 Å². The second-order valence-electron chi connectivity index (χ2n) is 3.51. The molecule has 0 aliphatic carbocycles. The van der Waals surface area contributed by atoms with Crippen LogP contribution in [0, 0.1) is 0 Å². The third-order valence-corrected chi connectivity index (χ3v) is 5.14. The van der Waals surface area contributed by atoms with Crippen molar-refractivity contribution in [2.75, 3.05) is 0 Å². The zero-order valence-corrected chi connectivity index (χ0v) is 15.9. The van der Waals surface area contributed by atoms with Gasteiger partial charge in [0, 0.05) is 0 Å². The molecule has 0 aliphatic heterocycles. The smallest absolute Gasteiger partial charge is 0.175 e. The Bertz CT molecular complexity index is 679. The van der Waals surface area contributed by atoms with Gasteiger partial charge in [-0.2, -0.15) is 0 Å². The molecule has 0 aliphatic rings. The van der Waals surface area contributed by atoms with Crippen molar-refractivity contribution in [1.29, 1.82) is 0 Å². The Kier molecular flexibility index (Phi) is 6.25. The Morgan fingerprint density at radius 3 is 0.955 bits per heavy atom. The van der Waals surface area contributed by atoms with Crippen LogP contribution in [-0.4, -0.2) is 19.9 Å². The second-order valence-corrected chi connectivity index (χ2v) is 6.46. The molecule has 0 saturated carbocycles. The molecule has 0 aromatic carbocycles. The molecule has 4 nitrogen and oxygen atoms in total. The molecule has 0 unspecified atom stereocenters. The summed E-state index contributed by atoms with van der Waals surface area (Å²) in [5.74, 6) is -0.145. The molecule has 12 heteroatoms. The highest BCUT2D eigenvalue weighted by Crippen LogP contribution is 2.35. The Morgan fingerprint density at radius 2 is 0.727 bits per heavy atom. The van der Waals surface area contributed by atoms with Crippen LogP contribution in [0.2, 0.25) is 30.7 Å². The van der Waals surface area contributed by atoms with E-state index in [0.29, 0.717) is 0 Å². The monoisotopic (exact) mass is 456 g/mol. The lowest BCUT2D eigenvalue weighted by atomic mass is 10.4. The maximum Gasteiger partial charge on any atom is 0.175 e. The van der Waals surface area contributed by atoms with E-state index in [2.05, 4.69) is 19.9 Å². The van der Waals surface area contributed by atoms with E-state index < -0.39 is 0 Å². The highest BCUT2D eigenvalue weighted by molar-refractivity contribution is 6.65.